The Morgan fingerprint density at radius 1 is 1.38 bits per heavy atom. The first-order valence-corrected chi connectivity index (χ1v) is 7.00. The maximum Gasteiger partial charge on any atom is 0.319 e. The molecule has 0 saturated carbocycles. The summed E-state index contributed by atoms with van der Waals surface area (Å²) >= 11 is 1.16. The molecule has 0 unspecified atom stereocenters. The van der Waals surface area contributed by atoms with Gasteiger partial charge in [0.1, 0.15) is 4.75 Å². The second-order valence-electron chi connectivity index (χ2n) is 5.13. The highest BCUT2D eigenvalue weighted by Crippen LogP contribution is 2.39. The minimum Gasteiger partial charge on any atom is -0.480 e. The molecule has 1 aromatic carbocycles. The molecule has 0 radical (unpaired) electrons. The Labute approximate surface area is 125 Å². The number of hydrogen-bond donors (Lipinski definition) is 1. The lowest BCUT2D eigenvalue weighted by Gasteiger charge is -2.19. The van der Waals surface area contributed by atoms with E-state index in [2.05, 4.69) is 4.98 Å². The smallest absolute Gasteiger partial charge is 0.319 e. The lowest BCUT2D eigenvalue weighted by molar-refractivity contribution is -0.383. The van der Waals surface area contributed by atoms with Crippen LogP contribution < -0.4 is 0 Å². The lowest BCUT2D eigenvalue weighted by Crippen LogP contribution is -2.26. The van der Waals surface area contributed by atoms with Gasteiger partial charge in [0.2, 0.25) is 0 Å². The van der Waals surface area contributed by atoms with Crippen molar-refractivity contribution in [2.24, 2.45) is 0 Å². The van der Waals surface area contributed by atoms with Crippen LogP contribution in [0.5, 0.6) is 0 Å². The van der Waals surface area contributed by atoms with E-state index in [1.54, 1.807) is 32.9 Å². The number of aliphatic carboxylic acids is 1. The van der Waals surface area contributed by atoms with Gasteiger partial charge in [-0.05, 0) is 32.9 Å². The quantitative estimate of drug-likeness (QED) is 0.528. The number of fused-ring (bicyclic) bond motifs is 1. The van der Waals surface area contributed by atoms with Crippen molar-refractivity contribution in [2.45, 2.75) is 30.4 Å². The van der Waals surface area contributed by atoms with E-state index in [9.17, 15) is 20.0 Å². The van der Waals surface area contributed by atoms with Gasteiger partial charge in [-0.2, -0.15) is 0 Å². The molecule has 0 aliphatic rings. The number of nitro groups is 1. The van der Waals surface area contributed by atoms with Crippen LogP contribution in [-0.2, 0) is 4.79 Å². The zero-order valence-corrected chi connectivity index (χ0v) is 12.6. The minimum absolute atomic E-state index is 0.0324. The highest BCUT2D eigenvalue weighted by Gasteiger charge is 2.30. The van der Waals surface area contributed by atoms with Crippen molar-refractivity contribution in [1.29, 1.82) is 0 Å². The predicted octanol–water partition coefficient (Wildman–Crippen LogP) is 3.41. The van der Waals surface area contributed by atoms with E-state index in [1.165, 1.54) is 12.3 Å². The third-order valence-corrected chi connectivity index (χ3v) is 4.31. The maximum atomic E-state index is 11.3. The van der Waals surface area contributed by atoms with E-state index in [0.29, 0.717) is 15.7 Å². The normalized spacial score (nSPS) is 11.6. The molecule has 1 aromatic heterocycles. The molecule has 2 aromatic rings. The van der Waals surface area contributed by atoms with Crippen LogP contribution in [0.15, 0.2) is 29.3 Å². The topological polar surface area (TPSA) is 93.3 Å². The van der Waals surface area contributed by atoms with Crippen LogP contribution in [0.1, 0.15) is 19.5 Å². The van der Waals surface area contributed by atoms with Crippen LogP contribution >= 0.6 is 11.8 Å². The third-order valence-electron chi connectivity index (χ3n) is 3.05. The lowest BCUT2D eigenvalue weighted by atomic mass is 10.1. The van der Waals surface area contributed by atoms with E-state index in [0.717, 1.165) is 17.5 Å². The fourth-order valence-corrected chi connectivity index (χ4v) is 2.92. The van der Waals surface area contributed by atoms with Gasteiger partial charge in [-0.1, -0.05) is 0 Å². The van der Waals surface area contributed by atoms with Gasteiger partial charge in [0.15, 0.2) is 0 Å². The molecule has 110 valence electrons. The molecule has 0 spiro atoms. The first-order valence-electron chi connectivity index (χ1n) is 6.18. The van der Waals surface area contributed by atoms with E-state index >= 15 is 0 Å². The van der Waals surface area contributed by atoms with Crippen LogP contribution in [0, 0.1) is 17.0 Å². The number of carbonyl (C=O) groups is 1. The minimum atomic E-state index is -1.03. The summed E-state index contributed by atoms with van der Waals surface area (Å²) in [5, 5.41) is 21.4. The third kappa shape index (κ3) is 2.97. The van der Waals surface area contributed by atoms with Gasteiger partial charge in [-0.25, -0.2) is 0 Å². The van der Waals surface area contributed by atoms with Crippen molar-refractivity contribution >= 4 is 34.2 Å². The summed E-state index contributed by atoms with van der Waals surface area (Å²) in [6.07, 6.45) is 1.46. The number of benzene rings is 1. The number of carboxylic acid groups (broad SMARTS) is 1. The number of aryl methyl sites for hydroxylation is 1. The van der Waals surface area contributed by atoms with Crippen molar-refractivity contribution in [3.63, 3.8) is 0 Å². The zero-order chi connectivity index (χ0) is 15.8. The highest BCUT2D eigenvalue weighted by molar-refractivity contribution is 8.01. The summed E-state index contributed by atoms with van der Waals surface area (Å²) in [5.74, 6) is -0.940. The number of hydrogen-bond acceptors (Lipinski definition) is 5. The molecule has 0 atom stereocenters. The summed E-state index contributed by atoms with van der Waals surface area (Å²) < 4.78 is -1.03. The molecule has 6 nitrogen and oxygen atoms in total. The number of rotatable bonds is 4. The largest absolute Gasteiger partial charge is 0.480 e. The Morgan fingerprint density at radius 3 is 2.62 bits per heavy atom. The molecule has 1 N–H and O–H groups in total. The van der Waals surface area contributed by atoms with Gasteiger partial charge >= 0.3 is 5.97 Å². The molecule has 7 heteroatoms. The van der Waals surface area contributed by atoms with Gasteiger partial charge in [-0.15, -0.1) is 11.8 Å². The number of nitro benzene ring substituents is 1. The molecule has 0 amide bonds. The van der Waals surface area contributed by atoms with Crippen LogP contribution in [0.4, 0.5) is 5.69 Å². The molecule has 0 aliphatic heterocycles. The molecule has 0 saturated heterocycles. The number of thioether (sulfide) groups is 1. The average Bonchev–Trinajstić information content (AvgIpc) is 2.38. The van der Waals surface area contributed by atoms with E-state index < -0.39 is 15.6 Å². The fourth-order valence-electron chi connectivity index (χ4n) is 1.87. The second-order valence-corrected chi connectivity index (χ2v) is 6.79. The Morgan fingerprint density at radius 2 is 2.05 bits per heavy atom. The molecular weight excluding hydrogens is 292 g/mol. The van der Waals surface area contributed by atoms with Gasteiger partial charge in [0.05, 0.1) is 10.3 Å². The first kappa shape index (κ1) is 15.2. The molecule has 21 heavy (non-hydrogen) atoms. The van der Waals surface area contributed by atoms with Crippen molar-refractivity contribution in [1.82, 2.24) is 4.98 Å². The molecule has 2 rings (SSSR count). The van der Waals surface area contributed by atoms with Crippen LogP contribution in [0.25, 0.3) is 10.8 Å². The summed E-state index contributed by atoms with van der Waals surface area (Å²) in [7, 11) is 0. The van der Waals surface area contributed by atoms with Crippen LogP contribution in [-0.4, -0.2) is 25.7 Å². The van der Waals surface area contributed by atoms with Crippen molar-refractivity contribution in [3.05, 3.63) is 40.2 Å². The highest BCUT2D eigenvalue weighted by atomic mass is 32.2. The molecule has 0 aliphatic carbocycles. The van der Waals surface area contributed by atoms with E-state index in [4.69, 9.17) is 0 Å². The van der Waals surface area contributed by atoms with Crippen molar-refractivity contribution in [3.8, 4) is 0 Å². The standard InChI is InChI=1S/C14H14N2O4S/c1-8-6-9-10(7-15-8)11(16(19)20)4-5-12(9)21-14(2,3)13(17)18/h4-7H,1-3H3,(H,17,18). The maximum absolute atomic E-state index is 11.3. The van der Waals surface area contributed by atoms with Crippen molar-refractivity contribution in [2.75, 3.05) is 0 Å². The molecule has 0 bridgehead atoms. The van der Waals surface area contributed by atoms with E-state index in [-0.39, 0.29) is 5.69 Å². The summed E-state index contributed by atoms with van der Waals surface area (Å²) in [6.45, 7) is 4.98. The first-order chi connectivity index (χ1) is 9.72. The summed E-state index contributed by atoms with van der Waals surface area (Å²) in [6, 6.07) is 4.72. The number of pyridine rings is 1. The number of carboxylic acids is 1. The van der Waals surface area contributed by atoms with Gasteiger partial charge in [0, 0.05) is 28.2 Å². The molecular formula is C14H14N2O4S. The SMILES string of the molecule is Cc1cc2c(SC(C)(C)C(=O)O)ccc([N+](=O)[O-])c2cn1. The van der Waals surface area contributed by atoms with Crippen molar-refractivity contribution < 1.29 is 14.8 Å². The Balaban J connectivity index is 2.66. The van der Waals surface area contributed by atoms with Gasteiger partial charge in [-0.3, -0.25) is 19.9 Å². The van der Waals surface area contributed by atoms with Gasteiger partial charge in [0.25, 0.3) is 5.69 Å². The molecule has 0 fully saturated rings. The van der Waals surface area contributed by atoms with Crippen LogP contribution in [0.2, 0.25) is 0 Å². The second kappa shape index (κ2) is 5.33. The summed E-state index contributed by atoms with van der Waals surface area (Å²) in [4.78, 5) is 26.7. The average molecular weight is 306 g/mol. The monoisotopic (exact) mass is 306 g/mol. The molecule has 1 heterocycles. The number of aromatic nitrogens is 1. The Hall–Kier alpha value is -2.15. The Bertz CT molecular complexity index is 743. The predicted molar refractivity (Wildman–Crippen MR) is 80.7 cm³/mol. The fraction of sp³-hybridized carbons (Fsp3) is 0.286. The number of nitrogens with zero attached hydrogens (tertiary/aromatic N) is 2. The summed E-state index contributed by atoms with van der Waals surface area (Å²) in [5.41, 5.74) is 0.688. The zero-order valence-electron chi connectivity index (χ0n) is 11.8. The Kier molecular flexibility index (Phi) is 3.87. The van der Waals surface area contributed by atoms with Gasteiger partial charge < -0.3 is 5.11 Å². The van der Waals surface area contributed by atoms with Crippen LogP contribution in [0.3, 0.4) is 0 Å². The van der Waals surface area contributed by atoms with E-state index in [1.807, 2.05) is 0 Å². The number of non-ortho nitro benzene ring substituents is 1.